The Morgan fingerprint density at radius 2 is 1.53 bits per heavy atom. The highest BCUT2D eigenvalue weighted by atomic mass is 32.1. The average Bonchev–Trinajstić information content (AvgIpc) is 3.58. The fourth-order valence-corrected chi connectivity index (χ4v) is 5.26. The molecule has 3 aromatic heterocycles. The van der Waals surface area contributed by atoms with Crippen molar-refractivity contribution >= 4 is 45.4 Å². The molecule has 0 saturated heterocycles. The van der Waals surface area contributed by atoms with Gasteiger partial charge >= 0.3 is 6.03 Å². The van der Waals surface area contributed by atoms with Gasteiger partial charge in [0.15, 0.2) is 0 Å². The van der Waals surface area contributed by atoms with Crippen LogP contribution in [0.25, 0.3) is 32.2 Å². The summed E-state index contributed by atoms with van der Waals surface area (Å²) in [4.78, 5) is 27.0. The molecule has 3 heterocycles. The number of aromatic nitrogens is 2. The third-order valence-electron chi connectivity index (χ3n) is 5.42. The fraction of sp³-hybridized carbons (Fsp3) is 0.148. The van der Waals surface area contributed by atoms with E-state index in [1.54, 1.807) is 22.7 Å². The number of carbonyl (C=O) groups is 1. The Morgan fingerprint density at radius 1 is 0.853 bits per heavy atom. The summed E-state index contributed by atoms with van der Waals surface area (Å²) in [7, 11) is 0. The molecule has 2 amide bonds. The van der Waals surface area contributed by atoms with Crippen LogP contribution >= 0.6 is 22.7 Å². The largest absolute Gasteiger partial charge is 0.322 e. The summed E-state index contributed by atoms with van der Waals surface area (Å²) in [6.07, 6.45) is 0.888. The van der Waals surface area contributed by atoms with Gasteiger partial charge in [-0.05, 0) is 53.1 Å². The third kappa shape index (κ3) is 4.85. The minimum absolute atomic E-state index is 0.119. The monoisotopic (exact) mass is 484 g/mol. The Balaban J connectivity index is 1.45. The smallest absolute Gasteiger partial charge is 0.320 e. The van der Waals surface area contributed by atoms with E-state index >= 15 is 0 Å². The Kier molecular flexibility index (Phi) is 6.65. The number of thiophene rings is 2. The lowest BCUT2D eigenvalue weighted by molar-refractivity contribution is 0.209. The van der Waals surface area contributed by atoms with E-state index in [0.717, 1.165) is 44.2 Å². The molecule has 1 N–H and O–H groups in total. The van der Waals surface area contributed by atoms with Crippen molar-refractivity contribution in [1.82, 2.24) is 14.9 Å². The van der Waals surface area contributed by atoms with E-state index in [4.69, 9.17) is 9.97 Å². The quantitative estimate of drug-likeness (QED) is 0.260. The zero-order valence-electron chi connectivity index (χ0n) is 18.8. The number of hydrogen-bond donors (Lipinski definition) is 1. The summed E-state index contributed by atoms with van der Waals surface area (Å²) in [5, 5.41) is 7.16. The number of hydrogen-bond acceptors (Lipinski definition) is 5. The lowest BCUT2D eigenvalue weighted by atomic mass is 10.2. The number of amides is 2. The van der Waals surface area contributed by atoms with Crippen molar-refractivity contribution in [3.8, 4) is 21.1 Å². The number of urea groups is 1. The van der Waals surface area contributed by atoms with Crippen molar-refractivity contribution in [3.05, 3.63) is 89.1 Å². The molecule has 0 spiro atoms. The number of nitrogens with zero attached hydrogens (tertiary/aromatic N) is 3. The Labute approximate surface area is 206 Å². The van der Waals surface area contributed by atoms with Crippen molar-refractivity contribution in [2.45, 2.75) is 19.9 Å². The van der Waals surface area contributed by atoms with Crippen LogP contribution in [0.3, 0.4) is 0 Å². The second-order valence-electron chi connectivity index (χ2n) is 7.92. The predicted octanol–water partition coefficient (Wildman–Crippen LogP) is 7.53. The van der Waals surface area contributed by atoms with Crippen LogP contribution in [0.1, 0.15) is 18.9 Å². The molecule has 5 rings (SSSR count). The molecule has 0 unspecified atom stereocenters. The van der Waals surface area contributed by atoms with Crippen molar-refractivity contribution in [1.29, 1.82) is 0 Å². The van der Waals surface area contributed by atoms with Gasteiger partial charge in [0.1, 0.15) is 11.4 Å². The summed E-state index contributed by atoms with van der Waals surface area (Å²) in [5.41, 5.74) is 5.13. The Bertz CT molecular complexity index is 1380. The highest BCUT2D eigenvalue weighted by Crippen LogP contribution is 2.35. The highest BCUT2D eigenvalue weighted by Gasteiger charge is 2.17. The third-order valence-corrected chi connectivity index (χ3v) is 7.17. The van der Waals surface area contributed by atoms with E-state index in [9.17, 15) is 4.79 Å². The van der Waals surface area contributed by atoms with Crippen LogP contribution in [0.4, 0.5) is 10.5 Å². The van der Waals surface area contributed by atoms with E-state index in [-0.39, 0.29) is 6.03 Å². The SMILES string of the molecule is CCCN(Cc1ccccc1)C(=O)Nc1ccc2nc(-c3cccs3)c(-c3cccs3)nc2c1. The minimum Gasteiger partial charge on any atom is -0.320 e. The van der Waals surface area contributed by atoms with Crippen molar-refractivity contribution in [2.24, 2.45) is 0 Å². The first-order valence-electron chi connectivity index (χ1n) is 11.2. The molecule has 0 aliphatic heterocycles. The molecule has 0 bridgehead atoms. The standard InChI is InChI=1S/C27H24N4OS2/c1-2-14-31(18-19-8-4-3-5-9-19)27(32)28-20-12-13-21-22(17-20)30-26(24-11-7-16-34-24)25(29-21)23-10-6-15-33-23/h3-13,15-17H,2,14,18H2,1H3,(H,28,32). The van der Waals surface area contributed by atoms with Gasteiger partial charge in [0, 0.05) is 18.8 Å². The molecule has 0 aliphatic carbocycles. The topological polar surface area (TPSA) is 58.1 Å². The zero-order valence-corrected chi connectivity index (χ0v) is 20.4. The molecule has 2 aromatic carbocycles. The minimum atomic E-state index is -0.119. The second-order valence-corrected chi connectivity index (χ2v) is 9.81. The molecule has 34 heavy (non-hydrogen) atoms. The van der Waals surface area contributed by atoms with E-state index in [0.29, 0.717) is 18.8 Å². The maximum Gasteiger partial charge on any atom is 0.322 e. The predicted molar refractivity (Wildman–Crippen MR) is 142 cm³/mol. The number of carbonyl (C=O) groups excluding carboxylic acids is 1. The van der Waals surface area contributed by atoms with Gasteiger partial charge in [-0.2, -0.15) is 0 Å². The van der Waals surface area contributed by atoms with E-state index < -0.39 is 0 Å². The summed E-state index contributed by atoms with van der Waals surface area (Å²) >= 11 is 3.30. The Hall–Kier alpha value is -3.55. The molecule has 0 aliphatic rings. The molecule has 0 atom stereocenters. The first-order valence-corrected chi connectivity index (χ1v) is 13.0. The summed E-state index contributed by atoms with van der Waals surface area (Å²) in [5.74, 6) is 0. The van der Waals surface area contributed by atoms with Gasteiger partial charge in [-0.15, -0.1) is 22.7 Å². The number of fused-ring (bicyclic) bond motifs is 1. The molecule has 5 nitrogen and oxygen atoms in total. The number of nitrogens with one attached hydrogen (secondary N) is 1. The van der Waals surface area contributed by atoms with E-state index in [1.165, 1.54) is 0 Å². The second kappa shape index (κ2) is 10.2. The molecule has 0 fully saturated rings. The number of rotatable bonds is 7. The van der Waals surface area contributed by atoms with Gasteiger partial charge in [0.05, 0.1) is 20.8 Å². The lowest BCUT2D eigenvalue weighted by Gasteiger charge is -2.23. The van der Waals surface area contributed by atoms with Gasteiger partial charge in [0.2, 0.25) is 0 Å². The first-order chi connectivity index (χ1) is 16.7. The molecular formula is C27H24N4OS2. The molecule has 170 valence electrons. The molecule has 7 heteroatoms. The van der Waals surface area contributed by atoms with Crippen LogP contribution in [0.15, 0.2) is 83.6 Å². The first kappa shape index (κ1) is 22.3. The number of benzene rings is 2. The highest BCUT2D eigenvalue weighted by molar-refractivity contribution is 7.14. The van der Waals surface area contributed by atoms with Crippen molar-refractivity contribution in [3.63, 3.8) is 0 Å². The van der Waals surface area contributed by atoms with Crippen LogP contribution in [0, 0.1) is 0 Å². The van der Waals surface area contributed by atoms with Crippen LogP contribution in [0.5, 0.6) is 0 Å². The molecule has 5 aromatic rings. The van der Waals surface area contributed by atoms with Crippen molar-refractivity contribution in [2.75, 3.05) is 11.9 Å². The van der Waals surface area contributed by atoms with Crippen LogP contribution in [-0.2, 0) is 6.54 Å². The summed E-state index contributed by atoms with van der Waals surface area (Å²) in [6, 6.07) is 23.8. The maximum atomic E-state index is 13.1. The summed E-state index contributed by atoms with van der Waals surface area (Å²) in [6.45, 7) is 3.33. The molecule has 0 saturated carbocycles. The zero-order chi connectivity index (χ0) is 23.3. The van der Waals surface area contributed by atoms with Gasteiger partial charge in [-0.3, -0.25) is 0 Å². The normalized spacial score (nSPS) is 11.0. The van der Waals surface area contributed by atoms with Gasteiger partial charge in [0.25, 0.3) is 0 Å². The number of anilines is 1. The van der Waals surface area contributed by atoms with Gasteiger partial charge < -0.3 is 10.2 Å². The maximum absolute atomic E-state index is 13.1. The van der Waals surface area contributed by atoms with Crippen LogP contribution < -0.4 is 5.32 Å². The molecule has 0 radical (unpaired) electrons. The lowest BCUT2D eigenvalue weighted by Crippen LogP contribution is -2.35. The van der Waals surface area contributed by atoms with Crippen LogP contribution in [0.2, 0.25) is 0 Å². The Morgan fingerprint density at radius 3 is 2.15 bits per heavy atom. The summed E-state index contributed by atoms with van der Waals surface area (Å²) < 4.78 is 0. The molecular weight excluding hydrogens is 460 g/mol. The van der Waals surface area contributed by atoms with Crippen molar-refractivity contribution < 1.29 is 4.79 Å². The van der Waals surface area contributed by atoms with Gasteiger partial charge in [-0.1, -0.05) is 49.4 Å². The van der Waals surface area contributed by atoms with E-state index in [2.05, 4.69) is 29.8 Å². The van der Waals surface area contributed by atoms with E-state index in [1.807, 2.05) is 70.9 Å². The van der Waals surface area contributed by atoms with Crippen LogP contribution in [-0.4, -0.2) is 27.4 Å². The average molecular weight is 485 g/mol. The van der Waals surface area contributed by atoms with Gasteiger partial charge in [-0.25, -0.2) is 14.8 Å². The fourth-order valence-electron chi connectivity index (χ4n) is 3.83.